The summed E-state index contributed by atoms with van der Waals surface area (Å²) in [5, 5.41) is 3.53. The normalized spacial score (nSPS) is 13.5. The minimum absolute atomic E-state index is 0.598. The van der Waals surface area contributed by atoms with E-state index in [-0.39, 0.29) is 0 Å². The highest BCUT2D eigenvalue weighted by Crippen LogP contribution is 2.31. The summed E-state index contributed by atoms with van der Waals surface area (Å²) < 4.78 is 5.51. The summed E-state index contributed by atoms with van der Waals surface area (Å²) in [7, 11) is 0. The number of hydrogen-bond donors (Lipinski definition) is 1. The summed E-state index contributed by atoms with van der Waals surface area (Å²) in [6, 6.07) is 16.0. The molecular formula is C25H25N7O. The number of pyridine rings is 4. The van der Waals surface area contributed by atoms with Crippen molar-refractivity contribution >= 4 is 28.7 Å². The van der Waals surface area contributed by atoms with Gasteiger partial charge in [-0.05, 0) is 42.5 Å². The van der Waals surface area contributed by atoms with Gasteiger partial charge in [0.1, 0.15) is 5.82 Å². The van der Waals surface area contributed by atoms with Crippen LogP contribution in [0.25, 0.3) is 0 Å². The molecule has 166 valence electrons. The largest absolute Gasteiger partial charge is 0.378 e. The Kier molecular flexibility index (Phi) is 6.35. The van der Waals surface area contributed by atoms with Crippen molar-refractivity contribution in [2.24, 2.45) is 0 Å². The van der Waals surface area contributed by atoms with Gasteiger partial charge < -0.3 is 19.9 Å². The third kappa shape index (κ3) is 4.91. The fourth-order valence-electron chi connectivity index (χ4n) is 3.86. The maximum absolute atomic E-state index is 5.51. The molecular weight excluding hydrogens is 414 g/mol. The second-order valence-electron chi connectivity index (χ2n) is 7.62. The van der Waals surface area contributed by atoms with E-state index in [0.29, 0.717) is 19.8 Å². The van der Waals surface area contributed by atoms with Crippen LogP contribution in [0.2, 0.25) is 0 Å². The molecule has 0 unspecified atom stereocenters. The van der Waals surface area contributed by atoms with E-state index in [2.05, 4.69) is 41.1 Å². The van der Waals surface area contributed by atoms with E-state index in [4.69, 9.17) is 4.74 Å². The lowest BCUT2D eigenvalue weighted by molar-refractivity contribution is 0.122. The van der Waals surface area contributed by atoms with Crippen LogP contribution in [0.5, 0.6) is 0 Å². The molecule has 5 rings (SSSR count). The molecule has 1 N–H and O–H groups in total. The highest BCUT2D eigenvalue weighted by atomic mass is 16.5. The van der Waals surface area contributed by atoms with E-state index in [1.54, 1.807) is 18.6 Å². The number of nitrogens with one attached hydrogen (secondary N) is 1. The van der Waals surface area contributed by atoms with E-state index in [1.807, 2.05) is 61.1 Å². The van der Waals surface area contributed by atoms with Gasteiger partial charge in [-0.3, -0.25) is 9.97 Å². The van der Waals surface area contributed by atoms with Crippen molar-refractivity contribution < 1.29 is 4.74 Å². The molecule has 0 radical (unpaired) electrons. The smallest absolute Gasteiger partial charge is 0.152 e. The molecule has 1 aliphatic rings. The lowest BCUT2D eigenvalue weighted by Crippen LogP contribution is -2.37. The van der Waals surface area contributed by atoms with E-state index in [9.17, 15) is 0 Å². The Balaban J connectivity index is 1.46. The topological polar surface area (TPSA) is 79.3 Å². The molecule has 0 aliphatic carbocycles. The van der Waals surface area contributed by atoms with E-state index in [0.717, 1.165) is 47.4 Å². The van der Waals surface area contributed by atoms with Gasteiger partial charge >= 0.3 is 0 Å². The Hall–Kier alpha value is -4.04. The Labute approximate surface area is 192 Å². The molecule has 0 spiro atoms. The van der Waals surface area contributed by atoms with Crippen LogP contribution in [-0.2, 0) is 11.3 Å². The number of anilines is 5. The SMILES string of the molecule is c1cncc(N(Cc2cccnc2Nc2cccnc2N2CCOCC2)c2cccnc2)c1. The van der Waals surface area contributed by atoms with Crippen molar-refractivity contribution in [3.05, 3.63) is 91.3 Å². The summed E-state index contributed by atoms with van der Waals surface area (Å²) in [5.74, 6) is 1.70. The summed E-state index contributed by atoms with van der Waals surface area (Å²) in [4.78, 5) is 22.3. The third-order valence-corrected chi connectivity index (χ3v) is 5.49. The number of rotatable bonds is 7. The third-order valence-electron chi connectivity index (χ3n) is 5.49. The van der Waals surface area contributed by atoms with Crippen molar-refractivity contribution in [1.29, 1.82) is 0 Å². The first-order valence-electron chi connectivity index (χ1n) is 10.9. The van der Waals surface area contributed by atoms with Crippen LogP contribution in [0.4, 0.5) is 28.7 Å². The van der Waals surface area contributed by atoms with Crippen LogP contribution in [0.15, 0.2) is 85.7 Å². The highest BCUT2D eigenvalue weighted by molar-refractivity contribution is 5.72. The highest BCUT2D eigenvalue weighted by Gasteiger charge is 2.18. The van der Waals surface area contributed by atoms with E-state index < -0.39 is 0 Å². The molecule has 0 saturated carbocycles. The molecule has 1 saturated heterocycles. The fraction of sp³-hybridized carbons (Fsp3) is 0.200. The standard InChI is InChI=1S/C25H25N7O/c1-5-20(19-32(21-6-2-9-26-17-21)22-7-3-10-27-18-22)24(28-11-1)30-23-8-4-12-29-25(23)31-13-15-33-16-14-31/h1-12,17-18H,13-16,19H2,(H,28,30). The molecule has 4 aromatic rings. The Morgan fingerprint density at radius 3 is 2.18 bits per heavy atom. The molecule has 0 atom stereocenters. The van der Waals surface area contributed by atoms with Gasteiger partial charge in [0.15, 0.2) is 5.82 Å². The number of nitrogens with zero attached hydrogens (tertiary/aromatic N) is 6. The molecule has 0 aromatic carbocycles. The number of ether oxygens (including phenoxy) is 1. The second kappa shape index (κ2) is 10.1. The summed E-state index contributed by atoms with van der Waals surface area (Å²) in [5.41, 5.74) is 3.93. The van der Waals surface area contributed by atoms with Crippen LogP contribution >= 0.6 is 0 Å². The first-order valence-corrected chi connectivity index (χ1v) is 10.9. The van der Waals surface area contributed by atoms with E-state index >= 15 is 0 Å². The van der Waals surface area contributed by atoms with Gasteiger partial charge in [0.25, 0.3) is 0 Å². The van der Waals surface area contributed by atoms with Gasteiger partial charge in [-0.1, -0.05) is 6.07 Å². The predicted molar refractivity (Wildman–Crippen MR) is 129 cm³/mol. The molecule has 4 aromatic heterocycles. The Morgan fingerprint density at radius 1 is 0.818 bits per heavy atom. The van der Waals surface area contributed by atoms with E-state index in [1.165, 1.54) is 0 Å². The van der Waals surface area contributed by atoms with Crippen LogP contribution in [0.3, 0.4) is 0 Å². The first kappa shape index (κ1) is 20.8. The summed E-state index contributed by atoms with van der Waals surface area (Å²) in [6.07, 6.45) is 10.9. The Morgan fingerprint density at radius 2 is 1.48 bits per heavy atom. The maximum Gasteiger partial charge on any atom is 0.152 e. The van der Waals surface area contributed by atoms with Gasteiger partial charge in [-0.15, -0.1) is 0 Å². The molecule has 5 heterocycles. The van der Waals surface area contributed by atoms with Gasteiger partial charge in [-0.2, -0.15) is 0 Å². The van der Waals surface area contributed by atoms with Crippen LogP contribution < -0.4 is 15.1 Å². The number of hydrogen-bond acceptors (Lipinski definition) is 8. The number of morpholine rings is 1. The summed E-state index contributed by atoms with van der Waals surface area (Å²) >= 11 is 0. The predicted octanol–water partition coefficient (Wildman–Crippen LogP) is 4.19. The van der Waals surface area contributed by atoms with Crippen LogP contribution in [-0.4, -0.2) is 46.2 Å². The first-order chi connectivity index (χ1) is 16.4. The van der Waals surface area contributed by atoms with Gasteiger partial charge in [-0.25, -0.2) is 9.97 Å². The zero-order chi connectivity index (χ0) is 22.3. The minimum atomic E-state index is 0.598. The van der Waals surface area contributed by atoms with Gasteiger partial charge in [0.2, 0.25) is 0 Å². The molecule has 8 nitrogen and oxygen atoms in total. The quantitative estimate of drug-likeness (QED) is 0.459. The average Bonchev–Trinajstić information content (AvgIpc) is 2.90. The van der Waals surface area contributed by atoms with Crippen LogP contribution in [0.1, 0.15) is 5.56 Å². The van der Waals surface area contributed by atoms with Crippen molar-refractivity contribution in [2.45, 2.75) is 6.54 Å². The van der Waals surface area contributed by atoms with Gasteiger partial charge in [0.05, 0.1) is 49.2 Å². The van der Waals surface area contributed by atoms with Gasteiger partial charge in [0, 0.05) is 43.4 Å². The minimum Gasteiger partial charge on any atom is -0.378 e. The molecule has 1 aliphatic heterocycles. The fourth-order valence-corrected chi connectivity index (χ4v) is 3.86. The summed E-state index contributed by atoms with van der Waals surface area (Å²) in [6.45, 7) is 3.64. The lowest BCUT2D eigenvalue weighted by atomic mass is 10.2. The molecule has 33 heavy (non-hydrogen) atoms. The average molecular weight is 440 g/mol. The van der Waals surface area contributed by atoms with Crippen molar-refractivity contribution in [3.8, 4) is 0 Å². The molecule has 8 heteroatoms. The second-order valence-corrected chi connectivity index (χ2v) is 7.62. The van der Waals surface area contributed by atoms with Crippen molar-refractivity contribution in [1.82, 2.24) is 19.9 Å². The zero-order valence-electron chi connectivity index (χ0n) is 18.2. The number of aromatic nitrogens is 4. The molecule has 0 bridgehead atoms. The monoisotopic (exact) mass is 439 g/mol. The maximum atomic E-state index is 5.51. The molecule has 0 amide bonds. The van der Waals surface area contributed by atoms with Crippen LogP contribution in [0, 0.1) is 0 Å². The lowest BCUT2D eigenvalue weighted by Gasteiger charge is -2.29. The van der Waals surface area contributed by atoms with Crippen molar-refractivity contribution in [3.63, 3.8) is 0 Å². The van der Waals surface area contributed by atoms with Crippen molar-refractivity contribution in [2.75, 3.05) is 41.4 Å². The molecule has 1 fully saturated rings. The Bertz CT molecular complexity index is 1130. The zero-order valence-corrected chi connectivity index (χ0v) is 18.2.